The second kappa shape index (κ2) is 8.10. The van der Waals surface area contributed by atoms with Gasteiger partial charge in [-0.1, -0.05) is 20.4 Å². The van der Waals surface area contributed by atoms with Gasteiger partial charge in [0.1, 0.15) is 6.04 Å². The van der Waals surface area contributed by atoms with Crippen LogP contribution in [-0.2, 0) is 9.59 Å². The van der Waals surface area contributed by atoms with Crippen molar-refractivity contribution in [3.05, 3.63) is 11.5 Å². The fourth-order valence-corrected chi connectivity index (χ4v) is 3.63. The Morgan fingerprint density at radius 1 is 1.43 bits per heavy atom. The highest BCUT2D eigenvalue weighted by Crippen LogP contribution is 2.31. The molecular formula is C14H24N2O3S2. The quantitative estimate of drug-likeness (QED) is 0.661. The fourth-order valence-electron chi connectivity index (χ4n) is 2.40. The number of carboxylic acids is 1. The van der Waals surface area contributed by atoms with Gasteiger partial charge >= 0.3 is 5.97 Å². The van der Waals surface area contributed by atoms with Crippen molar-refractivity contribution >= 4 is 35.4 Å². The van der Waals surface area contributed by atoms with E-state index in [0.29, 0.717) is 23.8 Å². The van der Waals surface area contributed by atoms with Crippen LogP contribution >= 0.6 is 23.5 Å². The van der Waals surface area contributed by atoms with Crippen LogP contribution in [0.3, 0.4) is 0 Å². The molecule has 0 aliphatic carbocycles. The molecule has 0 bridgehead atoms. The Kier molecular flexibility index (Phi) is 7.09. The standard InChI is InChI=1S/C14H24N2O3S2/c1-8(2)6-11(14(18)19)16-7-10(13(16)21-5)15-12(17)9(3)20-4/h8,10-11,13H,3,6-7H2,1-2,4-5H3,(H,15,17)(H,18,19). The lowest BCUT2D eigenvalue weighted by Gasteiger charge is -2.50. The largest absolute Gasteiger partial charge is 0.480 e. The van der Waals surface area contributed by atoms with Crippen LogP contribution in [-0.4, -0.2) is 58.4 Å². The van der Waals surface area contributed by atoms with Gasteiger partial charge < -0.3 is 10.4 Å². The first kappa shape index (κ1) is 18.4. The molecule has 0 aromatic rings. The van der Waals surface area contributed by atoms with E-state index in [-0.39, 0.29) is 17.3 Å². The van der Waals surface area contributed by atoms with Gasteiger partial charge in [-0.05, 0) is 24.9 Å². The zero-order chi connectivity index (χ0) is 16.2. The maximum absolute atomic E-state index is 11.9. The number of likely N-dealkylation sites (tertiary alicyclic amines) is 1. The SMILES string of the molecule is C=C(SC)C(=O)NC1CN(C(CC(C)C)C(=O)O)C1SC. The van der Waals surface area contributed by atoms with Crippen molar-refractivity contribution in [2.75, 3.05) is 19.1 Å². The van der Waals surface area contributed by atoms with Gasteiger partial charge in [0, 0.05) is 6.54 Å². The summed E-state index contributed by atoms with van der Waals surface area (Å²) in [7, 11) is 0. The summed E-state index contributed by atoms with van der Waals surface area (Å²) in [5.74, 6) is -0.637. The smallest absolute Gasteiger partial charge is 0.320 e. The van der Waals surface area contributed by atoms with Crippen molar-refractivity contribution in [3.8, 4) is 0 Å². The number of nitrogens with zero attached hydrogens (tertiary/aromatic N) is 1. The Morgan fingerprint density at radius 2 is 2.05 bits per heavy atom. The maximum atomic E-state index is 11.9. The monoisotopic (exact) mass is 332 g/mol. The van der Waals surface area contributed by atoms with Crippen LogP contribution in [0.5, 0.6) is 0 Å². The first-order chi connectivity index (χ1) is 9.81. The van der Waals surface area contributed by atoms with Gasteiger partial charge in [0.2, 0.25) is 0 Å². The molecule has 1 aliphatic heterocycles. The van der Waals surface area contributed by atoms with E-state index in [1.807, 2.05) is 31.3 Å². The van der Waals surface area contributed by atoms with Gasteiger partial charge in [-0.3, -0.25) is 14.5 Å². The zero-order valence-corrected chi connectivity index (χ0v) is 14.6. The van der Waals surface area contributed by atoms with Crippen molar-refractivity contribution in [2.45, 2.75) is 37.7 Å². The molecule has 21 heavy (non-hydrogen) atoms. The first-order valence-electron chi connectivity index (χ1n) is 6.86. The molecule has 7 heteroatoms. The summed E-state index contributed by atoms with van der Waals surface area (Å²) in [6, 6.07) is -0.509. The molecule has 1 aliphatic rings. The van der Waals surface area contributed by atoms with Crippen LogP contribution in [0.25, 0.3) is 0 Å². The molecule has 1 heterocycles. The molecule has 0 spiro atoms. The van der Waals surface area contributed by atoms with Crippen LogP contribution in [0.2, 0.25) is 0 Å². The number of amides is 1. The fraction of sp³-hybridized carbons (Fsp3) is 0.714. The molecule has 120 valence electrons. The van der Waals surface area contributed by atoms with Gasteiger partial charge in [-0.25, -0.2) is 0 Å². The zero-order valence-electron chi connectivity index (χ0n) is 13.0. The van der Waals surface area contributed by atoms with Gasteiger partial charge in [-0.2, -0.15) is 0 Å². The molecule has 5 nitrogen and oxygen atoms in total. The van der Waals surface area contributed by atoms with E-state index in [0.717, 1.165) is 0 Å². The van der Waals surface area contributed by atoms with Gasteiger partial charge in [0.05, 0.1) is 16.3 Å². The molecule has 2 N–H and O–H groups in total. The Labute approximate surface area is 134 Å². The lowest BCUT2D eigenvalue weighted by Crippen LogP contribution is -2.69. The van der Waals surface area contributed by atoms with Crippen LogP contribution in [0.1, 0.15) is 20.3 Å². The van der Waals surface area contributed by atoms with Crippen LogP contribution in [0, 0.1) is 5.92 Å². The Balaban J connectivity index is 2.66. The number of hydrogen-bond donors (Lipinski definition) is 2. The molecular weight excluding hydrogens is 308 g/mol. The molecule has 0 aromatic heterocycles. The highest BCUT2D eigenvalue weighted by Gasteiger charge is 2.45. The van der Waals surface area contributed by atoms with E-state index < -0.39 is 12.0 Å². The number of carboxylic acid groups (broad SMARTS) is 1. The first-order valence-corrected chi connectivity index (χ1v) is 9.38. The average molecular weight is 332 g/mol. The minimum Gasteiger partial charge on any atom is -0.480 e. The summed E-state index contributed by atoms with van der Waals surface area (Å²) >= 11 is 2.89. The van der Waals surface area contributed by atoms with E-state index in [9.17, 15) is 14.7 Å². The summed E-state index contributed by atoms with van der Waals surface area (Å²) < 4.78 is 0. The molecule has 3 unspecified atom stereocenters. The molecule has 1 fully saturated rings. The number of carbonyl (C=O) groups is 2. The van der Waals surface area contributed by atoms with Crippen molar-refractivity contribution in [2.24, 2.45) is 5.92 Å². The van der Waals surface area contributed by atoms with Crippen LogP contribution in [0.15, 0.2) is 11.5 Å². The minimum atomic E-state index is -0.791. The van der Waals surface area contributed by atoms with E-state index in [4.69, 9.17) is 0 Å². The molecule has 0 radical (unpaired) electrons. The molecule has 3 atom stereocenters. The van der Waals surface area contributed by atoms with Crippen LogP contribution < -0.4 is 5.32 Å². The summed E-state index contributed by atoms with van der Waals surface area (Å²) in [5.41, 5.74) is 0. The number of aliphatic carboxylic acids is 1. The van der Waals surface area contributed by atoms with Crippen molar-refractivity contribution in [3.63, 3.8) is 0 Å². The predicted octanol–water partition coefficient (Wildman–Crippen LogP) is 1.85. The Bertz CT molecular complexity index is 415. The predicted molar refractivity (Wildman–Crippen MR) is 89.5 cm³/mol. The molecule has 1 rings (SSSR count). The third-order valence-corrected chi connectivity index (χ3v) is 5.28. The number of nitrogens with one attached hydrogen (secondary N) is 1. The highest BCUT2D eigenvalue weighted by atomic mass is 32.2. The number of carbonyl (C=O) groups excluding carboxylic acids is 1. The molecule has 0 aromatic carbocycles. The van der Waals surface area contributed by atoms with Crippen molar-refractivity contribution in [1.29, 1.82) is 0 Å². The normalized spacial score (nSPS) is 23.5. The van der Waals surface area contributed by atoms with Gasteiger partial charge in [0.15, 0.2) is 0 Å². The summed E-state index contributed by atoms with van der Waals surface area (Å²) in [6.07, 6.45) is 4.36. The summed E-state index contributed by atoms with van der Waals surface area (Å²) in [5, 5.41) is 12.3. The molecule has 1 amide bonds. The number of thioether (sulfide) groups is 2. The van der Waals surface area contributed by atoms with E-state index >= 15 is 0 Å². The molecule has 1 saturated heterocycles. The van der Waals surface area contributed by atoms with E-state index in [1.54, 1.807) is 11.8 Å². The highest BCUT2D eigenvalue weighted by molar-refractivity contribution is 8.03. The van der Waals surface area contributed by atoms with Crippen molar-refractivity contribution < 1.29 is 14.7 Å². The van der Waals surface area contributed by atoms with Crippen molar-refractivity contribution in [1.82, 2.24) is 10.2 Å². The third-order valence-electron chi connectivity index (χ3n) is 3.52. The van der Waals surface area contributed by atoms with Gasteiger partial charge in [-0.15, -0.1) is 23.5 Å². The Morgan fingerprint density at radius 3 is 2.48 bits per heavy atom. The summed E-state index contributed by atoms with van der Waals surface area (Å²) in [6.45, 7) is 8.30. The topological polar surface area (TPSA) is 69.6 Å². The minimum absolute atomic E-state index is 0.00320. The van der Waals surface area contributed by atoms with Gasteiger partial charge in [0.25, 0.3) is 5.91 Å². The lowest BCUT2D eigenvalue weighted by molar-refractivity contribution is -0.147. The second-order valence-corrected chi connectivity index (χ2v) is 7.37. The van der Waals surface area contributed by atoms with Crippen LogP contribution in [0.4, 0.5) is 0 Å². The number of hydrogen-bond acceptors (Lipinski definition) is 5. The van der Waals surface area contributed by atoms with E-state index in [2.05, 4.69) is 11.9 Å². The lowest BCUT2D eigenvalue weighted by atomic mass is 9.97. The summed E-state index contributed by atoms with van der Waals surface area (Å²) in [4.78, 5) is 25.7. The maximum Gasteiger partial charge on any atom is 0.320 e. The molecule has 0 saturated carbocycles. The number of rotatable bonds is 8. The third kappa shape index (κ3) is 4.66. The second-order valence-electron chi connectivity index (χ2n) is 5.51. The Hall–Kier alpha value is -0.660. The average Bonchev–Trinajstić information content (AvgIpc) is 2.39. The van der Waals surface area contributed by atoms with E-state index in [1.165, 1.54) is 11.8 Å².